The van der Waals surface area contributed by atoms with E-state index >= 15 is 0 Å². The Bertz CT molecular complexity index is 445. The third-order valence-corrected chi connectivity index (χ3v) is 2.20. The van der Waals surface area contributed by atoms with Gasteiger partial charge in [-0.15, -0.1) is 0 Å². The predicted octanol–water partition coefficient (Wildman–Crippen LogP) is 2.84. The summed E-state index contributed by atoms with van der Waals surface area (Å²) < 4.78 is 18.3. The molecule has 0 aliphatic heterocycles. The third kappa shape index (κ3) is 3.05. The second-order valence-electron chi connectivity index (χ2n) is 3.41. The molecule has 82 valence electrons. The zero-order chi connectivity index (χ0) is 11.2. The minimum atomic E-state index is -0.276. The van der Waals surface area contributed by atoms with Crippen molar-refractivity contribution in [1.82, 2.24) is 4.98 Å². The van der Waals surface area contributed by atoms with Crippen molar-refractivity contribution >= 4 is 0 Å². The topological polar surface area (TPSA) is 22.1 Å². The monoisotopic (exact) mass is 217 g/mol. The van der Waals surface area contributed by atoms with Crippen molar-refractivity contribution in [2.24, 2.45) is 0 Å². The van der Waals surface area contributed by atoms with Crippen molar-refractivity contribution < 1.29 is 9.13 Å². The van der Waals surface area contributed by atoms with E-state index in [1.807, 2.05) is 12.1 Å². The Morgan fingerprint density at radius 3 is 2.69 bits per heavy atom. The molecule has 0 atom stereocenters. The van der Waals surface area contributed by atoms with Crippen LogP contribution in [0.1, 0.15) is 5.56 Å². The van der Waals surface area contributed by atoms with Crippen LogP contribution in [0.25, 0.3) is 0 Å². The molecule has 0 N–H and O–H groups in total. The Hall–Kier alpha value is -1.90. The maximum Gasteiger partial charge on any atom is 0.126 e. The van der Waals surface area contributed by atoms with E-state index in [1.165, 1.54) is 12.1 Å². The molecule has 0 spiro atoms. The summed E-state index contributed by atoms with van der Waals surface area (Å²) >= 11 is 0. The lowest BCUT2D eigenvalue weighted by Gasteiger charge is -2.05. The number of rotatable bonds is 4. The van der Waals surface area contributed by atoms with E-state index in [-0.39, 0.29) is 5.82 Å². The van der Waals surface area contributed by atoms with E-state index in [1.54, 1.807) is 24.5 Å². The second-order valence-corrected chi connectivity index (χ2v) is 3.41. The molecule has 0 radical (unpaired) electrons. The molecule has 0 saturated heterocycles. The number of hydrogen-bond acceptors (Lipinski definition) is 2. The molecule has 2 rings (SSSR count). The first-order valence-corrected chi connectivity index (χ1v) is 5.12. The maximum atomic E-state index is 12.8. The Morgan fingerprint density at radius 2 is 1.94 bits per heavy atom. The van der Waals surface area contributed by atoms with Crippen LogP contribution in [-0.4, -0.2) is 11.6 Å². The Balaban J connectivity index is 1.85. The maximum absolute atomic E-state index is 12.8. The number of benzene rings is 1. The van der Waals surface area contributed by atoms with Gasteiger partial charge < -0.3 is 4.74 Å². The summed E-state index contributed by atoms with van der Waals surface area (Å²) in [4.78, 5) is 3.93. The number of nitrogens with zero attached hydrogens (tertiary/aromatic N) is 1. The van der Waals surface area contributed by atoms with E-state index in [4.69, 9.17) is 4.74 Å². The quantitative estimate of drug-likeness (QED) is 0.785. The van der Waals surface area contributed by atoms with Crippen LogP contribution in [0.2, 0.25) is 0 Å². The smallest absolute Gasteiger partial charge is 0.126 e. The van der Waals surface area contributed by atoms with Gasteiger partial charge in [0.15, 0.2) is 0 Å². The van der Waals surface area contributed by atoms with Crippen LogP contribution in [0.5, 0.6) is 5.75 Å². The molecular weight excluding hydrogens is 205 g/mol. The number of ether oxygens (including phenoxy) is 1. The largest absolute Gasteiger partial charge is 0.493 e. The fraction of sp³-hybridized carbons (Fsp3) is 0.154. The highest BCUT2D eigenvalue weighted by Crippen LogP contribution is 2.12. The van der Waals surface area contributed by atoms with Gasteiger partial charge in [0.25, 0.3) is 0 Å². The van der Waals surface area contributed by atoms with Gasteiger partial charge in [-0.25, -0.2) is 4.39 Å². The van der Waals surface area contributed by atoms with Crippen molar-refractivity contribution in [2.45, 2.75) is 6.42 Å². The van der Waals surface area contributed by atoms with E-state index in [0.29, 0.717) is 12.4 Å². The van der Waals surface area contributed by atoms with E-state index < -0.39 is 0 Å². The van der Waals surface area contributed by atoms with Crippen LogP contribution in [0.3, 0.4) is 0 Å². The first-order chi connectivity index (χ1) is 7.84. The molecular formula is C13H12FNO. The average molecular weight is 217 g/mol. The SMILES string of the molecule is Fc1cccc(OCCc2ccncc2)c1. The average Bonchev–Trinajstić information content (AvgIpc) is 2.30. The molecule has 16 heavy (non-hydrogen) atoms. The molecule has 3 heteroatoms. The normalized spacial score (nSPS) is 10.1. The zero-order valence-electron chi connectivity index (χ0n) is 8.77. The lowest BCUT2D eigenvalue weighted by atomic mass is 10.2. The lowest BCUT2D eigenvalue weighted by Crippen LogP contribution is -2.01. The summed E-state index contributed by atoms with van der Waals surface area (Å²) in [5.41, 5.74) is 1.16. The summed E-state index contributed by atoms with van der Waals surface area (Å²) in [7, 11) is 0. The van der Waals surface area contributed by atoms with Crippen LogP contribution in [0.4, 0.5) is 4.39 Å². The van der Waals surface area contributed by atoms with Gasteiger partial charge in [-0.3, -0.25) is 4.98 Å². The third-order valence-electron chi connectivity index (χ3n) is 2.20. The number of halogens is 1. The molecule has 0 fully saturated rings. The van der Waals surface area contributed by atoms with Gasteiger partial charge in [-0.2, -0.15) is 0 Å². The van der Waals surface area contributed by atoms with Crippen LogP contribution < -0.4 is 4.74 Å². The highest BCUT2D eigenvalue weighted by atomic mass is 19.1. The van der Waals surface area contributed by atoms with E-state index in [9.17, 15) is 4.39 Å². The first kappa shape index (κ1) is 10.6. The van der Waals surface area contributed by atoms with Crippen molar-refractivity contribution in [3.8, 4) is 5.75 Å². The lowest BCUT2D eigenvalue weighted by molar-refractivity contribution is 0.320. The summed E-state index contributed by atoms with van der Waals surface area (Å²) in [5.74, 6) is 0.287. The number of pyridine rings is 1. The highest BCUT2D eigenvalue weighted by molar-refractivity contribution is 5.22. The van der Waals surface area contributed by atoms with Gasteiger partial charge >= 0.3 is 0 Å². The molecule has 2 nitrogen and oxygen atoms in total. The zero-order valence-corrected chi connectivity index (χ0v) is 8.77. The molecule has 0 amide bonds. The van der Waals surface area contributed by atoms with Gasteiger partial charge in [0.2, 0.25) is 0 Å². The molecule has 2 aromatic rings. The number of hydrogen-bond donors (Lipinski definition) is 0. The van der Waals surface area contributed by atoms with Crippen molar-refractivity contribution in [3.05, 3.63) is 60.2 Å². The van der Waals surface area contributed by atoms with Gasteiger partial charge in [-0.05, 0) is 29.8 Å². The molecule has 1 aromatic carbocycles. The highest BCUT2D eigenvalue weighted by Gasteiger charge is 1.96. The Morgan fingerprint density at radius 1 is 1.12 bits per heavy atom. The first-order valence-electron chi connectivity index (χ1n) is 5.12. The molecule has 0 unspecified atom stereocenters. The van der Waals surface area contributed by atoms with Crippen LogP contribution >= 0.6 is 0 Å². The van der Waals surface area contributed by atoms with Crippen LogP contribution in [0.15, 0.2) is 48.8 Å². The fourth-order valence-electron chi connectivity index (χ4n) is 1.39. The molecule has 0 bridgehead atoms. The van der Waals surface area contributed by atoms with Gasteiger partial charge in [0, 0.05) is 24.9 Å². The van der Waals surface area contributed by atoms with Crippen molar-refractivity contribution in [1.29, 1.82) is 0 Å². The van der Waals surface area contributed by atoms with Crippen molar-refractivity contribution in [2.75, 3.05) is 6.61 Å². The minimum absolute atomic E-state index is 0.276. The molecule has 0 aliphatic carbocycles. The molecule has 1 heterocycles. The fourth-order valence-corrected chi connectivity index (χ4v) is 1.39. The summed E-state index contributed by atoms with van der Waals surface area (Å²) in [6, 6.07) is 10.0. The van der Waals surface area contributed by atoms with Crippen molar-refractivity contribution in [3.63, 3.8) is 0 Å². The Kier molecular flexibility index (Phi) is 3.49. The van der Waals surface area contributed by atoms with Gasteiger partial charge in [-0.1, -0.05) is 6.07 Å². The Labute approximate surface area is 93.7 Å². The predicted molar refractivity (Wildman–Crippen MR) is 59.8 cm³/mol. The van der Waals surface area contributed by atoms with E-state index in [2.05, 4.69) is 4.98 Å². The number of aromatic nitrogens is 1. The van der Waals surface area contributed by atoms with Gasteiger partial charge in [0.05, 0.1) is 6.61 Å². The van der Waals surface area contributed by atoms with E-state index in [0.717, 1.165) is 12.0 Å². The molecule has 1 aromatic heterocycles. The molecule has 0 aliphatic rings. The van der Waals surface area contributed by atoms with Crippen LogP contribution in [0, 0.1) is 5.82 Å². The minimum Gasteiger partial charge on any atom is -0.493 e. The molecule has 0 saturated carbocycles. The standard InChI is InChI=1S/C13H12FNO/c14-12-2-1-3-13(10-12)16-9-6-11-4-7-15-8-5-11/h1-5,7-8,10H,6,9H2. The van der Waals surface area contributed by atoms with Gasteiger partial charge in [0.1, 0.15) is 11.6 Å². The summed E-state index contributed by atoms with van der Waals surface area (Å²) in [6.07, 6.45) is 4.29. The second kappa shape index (κ2) is 5.26. The van der Waals surface area contributed by atoms with Crippen LogP contribution in [-0.2, 0) is 6.42 Å². The summed E-state index contributed by atoms with van der Waals surface area (Å²) in [6.45, 7) is 0.535. The summed E-state index contributed by atoms with van der Waals surface area (Å²) in [5, 5.41) is 0.